The van der Waals surface area contributed by atoms with Gasteiger partial charge in [-0.2, -0.15) is 0 Å². The van der Waals surface area contributed by atoms with Gasteiger partial charge in [-0.3, -0.25) is 9.59 Å². The Labute approximate surface area is 142 Å². The highest BCUT2D eigenvalue weighted by molar-refractivity contribution is 9.10. The lowest BCUT2D eigenvalue weighted by Crippen LogP contribution is -2.30. The second-order valence-electron chi connectivity index (χ2n) is 5.24. The van der Waals surface area contributed by atoms with Crippen molar-refractivity contribution in [3.8, 4) is 0 Å². The Hall–Kier alpha value is -2.28. The Morgan fingerprint density at radius 2 is 1.87 bits per heavy atom. The normalized spacial score (nSPS) is 10.4. The first-order chi connectivity index (χ1) is 11.0. The number of nitrogens with zero attached hydrogens (tertiary/aromatic N) is 2. The van der Waals surface area contributed by atoms with E-state index in [4.69, 9.17) is 0 Å². The molecule has 2 rings (SSSR count). The van der Waals surface area contributed by atoms with Crippen molar-refractivity contribution in [2.24, 2.45) is 0 Å². The van der Waals surface area contributed by atoms with Crippen LogP contribution >= 0.6 is 15.9 Å². The van der Waals surface area contributed by atoms with Gasteiger partial charge in [-0.25, -0.2) is 9.97 Å². The Morgan fingerprint density at radius 3 is 2.52 bits per heavy atom. The van der Waals surface area contributed by atoms with Gasteiger partial charge in [0.05, 0.1) is 4.47 Å². The van der Waals surface area contributed by atoms with Crippen molar-refractivity contribution in [2.45, 2.75) is 26.4 Å². The highest BCUT2D eigenvalue weighted by Crippen LogP contribution is 2.07. The van der Waals surface area contributed by atoms with Crippen LogP contribution in [-0.2, 0) is 6.54 Å². The predicted octanol–water partition coefficient (Wildman–Crippen LogP) is 2.31. The maximum atomic E-state index is 12.0. The number of hydrogen-bond acceptors (Lipinski definition) is 4. The van der Waals surface area contributed by atoms with Gasteiger partial charge in [0.1, 0.15) is 0 Å². The van der Waals surface area contributed by atoms with E-state index in [0.717, 1.165) is 5.56 Å². The van der Waals surface area contributed by atoms with Crippen LogP contribution in [0.25, 0.3) is 0 Å². The molecule has 23 heavy (non-hydrogen) atoms. The molecule has 0 saturated carbocycles. The summed E-state index contributed by atoms with van der Waals surface area (Å²) in [6, 6.07) is 7.18. The van der Waals surface area contributed by atoms with E-state index in [1.54, 1.807) is 18.2 Å². The second-order valence-corrected chi connectivity index (χ2v) is 6.15. The van der Waals surface area contributed by atoms with Gasteiger partial charge in [-0.1, -0.05) is 12.1 Å². The average molecular weight is 377 g/mol. The van der Waals surface area contributed by atoms with Gasteiger partial charge in [0.25, 0.3) is 11.8 Å². The van der Waals surface area contributed by atoms with Crippen molar-refractivity contribution in [2.75, 3.05) is 0 Å². The maximum absolute atomic E-state index is 12.0. The SMILES string of the molecule is CC(C)NC(=O)c1cccc(CNC(=O)c2ncc(Br)cn2)c1. The first kappa shape index (κ1) is 17.1. The van der Waals surface area contributed by atoms with E-state index >= 15 is 0 Å². The third-order valence-corrected chi connectivity index (χ3v) is 3.29. The lowest BCUT2D eigenvalue weighted by Gasteiger charge is -2.10. The number of carbonyl (C=O) groups is 2. The quantitative estimate of drug-likeness (QED) is 0.838. The van der Waals surface area contributed by atoms with E-state index in [0.29, 0.717) is 16.6 Å². The van der Waals surface area contributed by atoms with E-state index in [2.05, 4.69) is 36.5 Å². The minimum Gasteiger partial charge on any atom is -0.350 e. The standard InChI is InChI=1S/C16H17BrN4O2/c1-10(2)21-15(22)12-5-3-4-11(6-12)7-20-16(23)14-18-8-13(17)9-19-14/h3-6,8-10H,7H2,1-2H3,(H,20,23)(H,21,22). The molecule has 7 heteroatoms. The summed E-state index contributed by atoms with van der Waals surface area (Å²) in [5.74, 6) is -0.402. The van der Waals surface area contributed by atoms with Crippen molar-refractivity contribution < 1.29 is 9.59 Å². The number of carbonyl (C=O) groups excluding carboxylic acids is 2. The molecule has 0 radical (unpaired) electrons. The molecule has 2 N–H and O–H groups in total. The lowest BCUT2D eigenvalue weighted by molar-refractivity contribution is 0.0935. The second kappa shape index (κ2) is 7.82. The van der Waals surface area contributed by atoms with Crippen LogP contribution in [0.15, 0.2) is 41.1 Å². The van der Waals surface area contributed by atoms with Crippen molar-refractivity contribution in [3.63, 3.8) is 0 Å². The molecule has 0 bridgehead atoms. The number of halogens is 1. The summed E-state index contributed by atoms with van der Waals surface area (Å²) in [5, 5.41) is 5.56. The first-order valence-electron chi connectivity index (χ1n) is 7.11. The lowest BCUT2D eigenvalue weighted by atomic mass is 10.1. The Morgan fingerprint density at radius 1 is 1.17 bits per heavy atom. The highest BCUT2D eigenvalue weighted by Gasteiger charge is 2.10. The number of nitrogens with one attached hydrogen (secondary N) is 2. The van der Waals surface area contributed by atoms with Gasteiger partial charge in [0.2, 0.25) is 5.82 Å². The fourth-order valence-electron chi connectivity index (χ4n) is 1.86. The summed E-state index contributed by atoms with van der Waals surface area (Å²) in [4.78, 5) is 31.8. The van der Waals surface area contributed by atoms with Gasteiger partial charge in [0.15, 0.2) is 0 Å². The number of aromatic nitrogens is 2. The number of rotatable bonds is 5. The summed E-state index contributed by atoms with van der Waals surface area (Å²) in [7, 11) is 0. The molecule has 0 spiro atoms. The Kier molecular flexibility index (Phi) is 5.81. The molecule has 1 aromatic heterocycles. The van der Waals surface area contributed by atoms with Crippen LogP contribution < -0.4 is 10.6 Å². The molecule has 1 heterocycles. The molecule has 0 aliphatic rings. The molecule has 0 fully saturated rings. The van der Waals surface area contributed by atoms with Gasteiger partial charge < -0.3 is 10.6 Å². The first-order valence-corrected chi connectivity index (χ1v) is 7.90. The monoisotopic (exact) mass is 376 g/mol. The summed E-state index contributed by atoms with van der Waals surface area (Å²) in [5.41, 5.74) is 1.39. The molecule has 0 aliphatic heterocycles. The van der Waals surface area contributed by atoms with Gasteiger partial charge >= 0.3 is 0 Å². The molecule has 120 valence electrons. The highest BCUT2D eigenvalue weighted by atomic mass is 79.9. The molecule has 0 saturated heterocycles. The Bertz CT molecular complexity index is 701. The maximum Gasteiger partial charge on any atom is 0.289 e. The van der Waals surface area contributed by atoms with Crippen molar-refractivity contribution in [1.82, 2.24) is 20.6 Å². The van der Waals surface area contributed by atoms with E-state index in [1.807, 2.05) is 19.9 Å². The summed E-state index contributed by atoms with van der Waals surface area (Å²) in [6.07, 6.45) is 3.03. The van der Waals surface area contributed by atoms with Crippen LogP contribution in [0.2, 0.25) is 0 Å². The number of hydrogen-bond donors (Lipinski definition) is 2. The molecule has 0 aliphatic carbocycles. The molecule has 6 nitrogen and oxygen atoms in total. The Balaban J connectivity index is 1.99. The van der Waals surface area contributed by atoms with E-state index in [-0.39, 0.29) is 23.7 Å². The molecule has 0 unspecified atom stereocenters. The van der Waals surface area contributed by atoms with Crippen molar-refractivity contribution in [1.29, 1.82) is 0 Å². The van der Waals surface area contributed by atoms with E-state index in [9.17, 15) is 9.59 Å². The number of amides is 2. The van der Waals surface area contributed by atoms with Crippen LogP contribution in [0.1, 0.15) is 40.4 Å². The summed E-state index contributed by atoms with van der Waals surface area (Å²) < 4.78 is 0.706. The number of benzene rings is 1. The van der Waals surface area contributed by atoms with Crippen molar-refractivity contribution >= 4 is 27.7 Å². The van der Waals surface area contributed by atoms with Crippen molar-refractivity contribution in [3.05, 3.63) is 58.1 Å². The van der Waals surface area contributed by atoms with E-state index in [1.165, 1.54) is 12.4 Å². The molecular formula is C16H17BrN4O2. The molecular weight excluding hydrogens is 360 g/mol. The van der Waals surface area contributed by atoms with Crippen LogP contribution in [0.4, 0.5) is 0 Å². The van der Waals surface area contributed by atoms with Crippen LogP contribution in [-0.4, -0.2) is 27.8 Å². The summed E-state index contributed by atoms with van der Waals surface area (Å²) in [6.45, 7) is 4.10. The minimum absolute atomic E-state index is 0.0698. The minimum atomic E-state index is -0.366. The van der Waals surface area contributed by atoms with Gasteiger partial charge in [-0.15, -0.1) is 0 Å². The molecule has 2 amide bonds. The zero-order chi connectivity index (χ0) is 16.8. The van der Waals surface area contributed by atoms with Crippen LogP contribution in [0, 0.1) is 0 Å². The van der Waals surface area contributed by atoms with Crippen LogP contribution in [0.5, 0.6) is 0 Å². The fraction of sp³-hybridized carbons (Fsp3) is 0.250. The third-order valence-electron chi connectivity index (χ3n) is 2.89. The molecule has 2 aromatic rings. The summed E-state index contributed by atoms with van der Waals surface area (Å²) >= 11 is 3.21. The molecule has 0 atom stereocenters. The third kappa shape index (κ3) is 5.14. The fourth-order valence-corrected chi connectivity index (χ4v) is 2.06. The van der Waals surface area contributed by atoms with Crippen LogP contribution in [0.3, 0.4) is 0 Å². The smallest absolute Gasteiger partial charge is 0.289 e. The topological polar surface area (TPSA) is 84.0 Å². The zero-order valence-corrected chi connectivity index (χ0v) is 14.4. The average Bonchev–Trinajstić information content (AvgIpc) is 2.53. The van der Waals surface area contributed by atoms with Gasteiger partial charge in [-0.05, 0) is 47.5 Å². The largest absolute Gasteiger partial charge is 0.350 e. The van der Waals surface area contributed by atoms with Gasteiger partial charge in [0, 0.05) is 30.5 Å². The predicted molar refractivity (Wildman–Crippen MR) is 89.9 cm³/mol. The zero-order valence-electron chi connectivity index (χ0n) is 12.8. The molecule has 1 aromatic carbocycles. The van der Waals surface area contributed by atoms with E-state index < -0.39 is 0 Å².